The first-order valence-corrected chi connectivity index (χ1v) is 13.6. The highest BCUT2D eigenvalue weighted by molar-refractivity contribution is 7.92. The van der Waals surface area contributed by atoms with Crippen molar-refractivity contribution in [1.82, 2.24) is 10.2 Å². The maximum Gasteiger partial charge on any atom is 0.244 e. The summed E-state index contributed by atoms with van der Waals surface area (Å²) >= 11 is 12.3. The lowest BCUT2D eigenvalue weighted by Gasteiger charge is -2.33. The highest BCUT2D eigenvalue weighted by atomic mass is 35.5. The number of halogens is 2. The molecule has 0 aromatic heterocycles. The van der Waals surface area contributed by atoms with Crippen LogP contribution in [-0.2, 0) is 26.2 Å². The van der Waals surface area contributed by atoms with Crippen molar-refractivity contribution in [2.24, 2.45) is 0 Å². The van der Waals surface area contributed by atoms with Crippen LogP contribution in [0.2, 0.25) is 10.0 Å². The fourth-order valence-electron chi connectivity index (χ4n) is 3.54. The second kappa shape index (κ2) is 11.9. The number of nitrogens with one attached hydrogen (secondary N) is 1. The van der Waals surface area contributed by atoms with E-state index in [4.69, 9.17) is 23.2 Å². The van der Waals surface area contributed by atoms with E-state index in [2.05, 4.69) is 5.32 Å². The molecule has 0 unspecified atom stereocenters. The third-order valence-electron chi connectivity index (χ3n) is 5.55. The molecule has 0 heterocycles. The van der Waals surface area contributed by atoms with Crippen molar-refractivity contribution in [3.63, 3.8) is 0 Å². The van der Waals surface area contributed by atoms with Crippen LogP contribution in [0, 0.1) is 13.8 Å². The largest absolute Gasteiger partial charge is 0.355 e. The number of hydrogen-bond acceptors (Lipinski definition) is 4. The molecule has 0 aliphatic rings. The van der Waals surface area contributed by atoms with Crippen molar-refractivity contribution in [3.05, 3.63) is 63.1 Å². The molecule has 0 spiro atoms. The van der Waals surface area contributed by atoms with Crippen molar-refractivity contribution in [3.8, 4) is 0 Å². The molecule has 0 radical (unpaired) electrons. The lowest BCUT2D eigenvalue weighted by atomic mass is 10.1. The number of rotatable bonds is 10. The number of nitrogens with zero attached hydrogens (tertiary/aromatic N) is 2. The van der Waals surface area contributed by atoms with Gasteiger partial charge in [-0.3, -0.25) is 13.9 Å². The first-order valence-electron chi connectivity index (χ1n) is 10.9. The molecular weight excluding hydrogens is 497 g/mol. The number of hydrogen-bond donors (Lipinski definition) is 1. The zero-order valence-electron chi connectivity index (χ0n) is 20.1. The summed E-state index contributed by atoms with van der Waals surface area (Å²) in [4.78, 5) is 27.8. The Morgan fingerprint density at radius 3 is 2.24 bits per heavy atom. The van der Waals surface area contributed by atoms with Crippen LogP contribution in [0.4, 0.5) is 5.69 Å². The summed E-state index contributed by atoms with van der Waals surface area (Å²) in [7, 11) is -3.78. The number of likely N-dealkylation sites (N-methyl/N-ethyl adjacent to an activating group) is 1. The minimum atomic E-state index is -3.78. The van der Waals surface area contributed by atoms with E-state index in [1.54, 1.807) is 44.2 Å². The third kappa shape index (κ3) is 7.10. The molecule has 0 aliphatic carbocycles. The van der Waals surface area contributed by atoms with Crippen LogP contribution >= 0.6 is 23.2 Å². The summed E-state index contributed by atoms with van der Waals surface area (Å²) < 4.78 is 26.4. The highest BCUT2D eigenvalue weighted by Crippen LogP contribution is 2.25. The molecule has 0 saturated carbocycles. The van der Waals surface area contributed by atoms with Gasteiger partial charge in [-0.25, -0.2) is 8.42 Å². The molecule has 2 aromatic carbocycles. The van der Waals surface area contributed by atoms with Crippen LogP contribution in [0.3, 0.4) is 0 Å². The normalized spacial score (nSPS) is 12.2. The summed E-state index contributed by atoms with van der Waals surface area (Å²) in [6, 6.07) is 9.29. The Hall–Kier alpha value is -2.29. The van der Waals surface area contributed by atoms with Gasteiger partial charge in [-0.2, -0.15) is 0 Å². The minimum Gasteiger partial charge on any atom is -0.355 e. The molecule has 186 valence electrons. The fraction of sp³-hybridized carbons (Fsp3) is 0.417. The molecule has 2 rings (SSSR count). The van der Waals surface area contributed by atoms with Gasteiger partial charge < -0.3 is 10.2 Å². The molecule has 0 aliphatic heterocycles. The molecule has 0 bridgehead atoms. The van der Waals surface area contributed by atoms with Crippen LogP contribution in [0.15, 0.2) is 36.4 Å². The number of anilines is 1. The van der Waals surface area contributed by atoms with Gasteiger partial charge in [-0.05, 0) is 68.1 Å². The van der Waals surface area contributed by atoms with Crippen LogP contribution in [0.5, 0.6) is 0 Å². The Labute approximate surface area is 212 Å². The van der Waals surface area contributed by atoms with Crippen LogP contribution in [-0.4, -0.2) is 50.5 Å². The molecule has 2 aromatic rings. The van der Waals surface area contributed by atoms with Crippen molar-refractivity contribution < 1.29 is 18.0 Å². The highest BCUT2D eigenvalue weighted by Gasteiger charge is 2.32. The van der Waals surface area contributed by atoms with E-state index in [9.17, 15) is 18.0 Å². The maximum absolute atomic E-state index is 13.6. The predicted octanol–water partition coefficient (Wildman–Crippen LogP) is 4.32. The zero-order valence-corrected chi connectivity index (χ0v) is 22.4. The van der Waals surface area contributed by atoms with Crippen LogP contribution in [0.1, 0.15) is 37.0 Å². The number of carbonyl (C=O) groups is 2. The monoisotopic (exact) mass is 527 g/mol. The Bertz CT molecular complexity index is 1150. The number of carbonyl (C=O) groups excluding carboxylic acids is 2. The Morgan fingerprint density at radius 1 is 1.03 bits per heavy atom. The number of benzene rings is 2. The smallest absolute Gasteiger partial charge is 0.244 e. The number of aryl methyl sites for hydroxylation is 2. The lowest BCUT2D eigenvalue weighted by Crippen LogP contribution is -2.52. The average Bonchev–Trinajstić information content (AvgIpc) is 2.74. The third-order valence-corrected chi connectivity index (χ3v) is 7.28. The first-order chi connectivity index (χ1) is 15.9. The van der Waals surface area contributed by atoms with E-state index in [-0.39, 0.29) is 12.5 Å². The van der Waals surface area contributed by atoms with Gasteiger partial charge in [0.1, 0.15) is 12.6 Å². The van der Waals surface area contributed by atoms with Gasteiger partial charge in [0.2, 0.25) is 21.8 Å². The SMILES string of the molecule is CCNC(=O)[C@H](CC)N(Cc1ccc(Cl)cc1Cl)C(=O)CN(c1ccc(C)c(C)c1)S(C)(=O)=O. The van der Waals surface area contributed by atoms with E-state index >= 15 is 0 Å². The van der Waals surface area contributed by atoms with Crippen molar-refractivity contribution in [2.45, 2.75) is 46.7 Å². The first kappa shape index (κ1) is 28.0. The standard InChI is InChI=1S/C24H31Cl2N3O4S/c1-6-22(24(31)27-7-2)28(14-18-9-10-19(25)13-21(18)26)23(30)15-29(34(5,32)33)20-11-8-16(3)17(4)12-20/h8-13,22H,6-7,14-15H2,1-5H3,(H,27,31)/t22-/m0/s1. The number of sulfonamides is 1. The summed E-state index contributed by atoms with van der Waals surface area (Å²) in [5.74, 6) is -0.840. The van der Waals surface area contributed by atoms with E-state index in [1.807, 2.05) is 19.9 Å². The topological polar surface area (TPSA) is 86.8 Å². The molecule has 34 heavy (non-hydrogen) atoms. The molecule has 2 amide bonds. The van der Waals surface area contributed by atoms with Crippen molar-refractivity contribution in [2.75, 3.05) is 23.7 Å². The second-order valence-corrected chi connectivity index (χ2v) is 10.9. The Morgan fingerprint density at radius 2 is 1.71 bits per heavy atom. The van der Waals surface area contributed by atoms with E-state index in [0.717, 1.165) is 21.7 Å². The molecule has 7 nitrogen and oxygen atoms in total. The lowest BCUT2D eigenvalue weighted by molar-refractivity contribution is -0.140. The molecule has 0 fully saturated rings. The second-order valence-electron chi connectivity index (χ2n) is 8.11. The summed E-state index contributed by atoms with van der Waals surface area (Å²) in [6.07, 6.45) is 1.39. The zero-order chi connectivity index (χ0) is 25.6. The van der Waals surface area contributed by atoms with Gasteiger partial charge in [0, 0.05) is 23.1 Å². The summed E-state index contributed by atoms with van der Waals surface area (Å²) in [5.41, 5.74) is 2.88. The fourth-order valence-corrected chi connectivity index (χ4v) is 4.85. The van der Waals surface area contributed by atoms with Crippen LogP contribution in [0.25, 0.3) is 0 Å². The number of amides is 2. The summed E-state index contributed by atoms with van der Waals surface area (Å²) in [5, 5.41) is 3.55. The molecule has 0 saturated heterocycles. The van der Waals surface area contributed by atoms with Gasteiger partial charge >= 0.3 is 0 Å². The van der Waals surface area contributed by atoms with Gasteiger partial charge in [-0.15, -0.1) is 0 Å². The predicted molar refractivity (Wildman–Crippen MR) is 138 cm³/mol. The molecule has 1 N–H and O–H groups in total. The maximum atomic E-state index is 13.6. The van der Waals surface area contributed by atoms with E-state index in [0.29, 0.717) is 34.3 Å². The Kier molecular flexibility index (Phi) is 9.79. The quantitative estimate of drug-likeness (QED) is 0.498. The van der Waals surface area contributed by atoms with Gasteiger partial charge in [0.05, 0.1) is 11.9 Å². The minimum absolute atomic E-state index is 0.0228. The van der Waals surface area contributed by atoms with E-state index < -0.39 is 28.5 Å². The molecule has 1 atom stereocenters. The average molecular weight is 529 g/mol. The molecule has 10 heteroatoms. The van der Waals surface area contributed by atoms with Gasteiger partial charge in [-0.1, -0.05) is 42.3 Å². The molecular formula is C24H31Cl2N3O4S. The van der Waals surface area contributed by atoms with Gasteiger partial charge in [0.25, 0.3) is 0 Å². The Balaban J connectivity index is 2.48. The van der Waals surface area contributed by atoms with Crippen molar-refractivity contribution in [1.29, 1.82) is 0 Å². The van der Waals surface area contributed by atoms with Gasteiger partial charge in [0.15, 0.2) is 0 Å². The van der Waals surface area contributed by atoms with Crippen molar-refractivity contribution >= 4 is 50.7 Å². The van der Waals surface area contributed by atoms with Crippen LogP contribution < -0.4 is 9.62 Å². The summed E-state index contributed by atoms with van der Waals surface area (Å²) in [6.45, 7) is 7.34. The van der Waals surface area contributed by atoms with E-state index in [1.165, 1.54) is 4.90 Å².